The van der Waals surface area contributed by atoms with Gasteiger partial charge in [0, 0.05) is 5.33 Å². The Balaban J connectivity index is 3.09. The van der Waals surface area contributed by atoms with Gasteiger partial charge in [-0.05, 0) is 25.0 Å². The standard InChI is InChI=1S/C13H15BrO2/c1-3-11(13(15)16-4-2)12-8-6-5-7-10(12)9-14/h3,5-8H,4,9H2,1-2H3. The highest BCUT2D eigenvalue weighted by atomic mass is 79.9. The number of carbonyl (C=O) groups is 1. The number of halogens is 1. The summed E-state index contributed by atoms with van der Waals surface area (Å²) in [6, 6.07) is 7.80. The Labute approximate surface area is 104 Å². The van der Waals surface area contributed by atoms with Crippen molar-refractivity contribution < 1.29 is 9.53 Å². The first kappa shape index (κ1) is 13.0. The molecule has 0 aliphatic rings. The average molecular weight is 283 g/mol. The van der Waals surface area contributed by atoms with Crippen molar-refractivity contribution in [3.63, 3.8) is 0 Å². The normalized spacial score (nSPS) is 11.3. The lowest BCUT2D eigenvalue weighted by atomic mass is 10.0. The molecule has 0 saturated carbocycles. The van der Waals surface area contributed by atoms with E-state index in [0.29, 0.717) is 12.2 Å². The molecule has 0 fully saturated rings. The van der Waals surface area contributed by atoms with E-state index in [-0.39, 0.29) is 5.97 Å². The molecule has 0 aliphatic carbocycles. The van der Waals surface area contributed by atoms with Crippen LogP contribution >= 0.6 is 15.9 Å². The molecule has 0 spiro atoms. The first-order valence-corrected chi connectivity index (χ1v) is 6.34. The lowest BCUT2D eigenvalue weighted by Gasteiger charge is -2.10. The Morgan fingerprint density at radius 2 is 2.12 bits per heavy atom. The van der Waals surface area contributed by atoms with Crippen LogP contribution in [0.3, 0.4) is 0 Å². The van der Waals surface area contributed by atoms with E-state index in [1.807, 2.05) is 38.1 Å². The van der Waals surface area contributed by atoms with Gasteiger partial charge in [0.25, 0.3) is 0 Å². The van der Waals surface area contributed by atoms with Gasteiger partial charge >= 0.3 is 5.97 Å². The van der Waals surface area contributed by atoms with E-state index in [1.54, 1.807) is 6.08 Å². The van der Waals surface area contributed by atoms with Gasteiger partial charge < -0.3 is 4.74 Å². The summed E-state index contributed by atoms with van der Waals surface area (Å²) >= 11 is 3.41. The van der Waals surface area contributed by atoms with Crippen LogP contribution in [0.15, 0.2) is 30.3 Å². The fourth-order valence-electron chi connectivity index (χ4n) is 1.49. The van der Waals surface area contributed by atoms with Gasteiger partial charge in [0.1, 0.15) is 0 Å². The monoisotopic (exact) mass is 282 g/mol. The van der Waals surface area contributed by atoms with Crippen molar-refractivity contribution in [2.75, 3.05) is 6.61 Å². The van der Waals surface area contributed by atoms with Crippen LogP contribution in [0.1, 0.15) is 25.0 Å². The molecule has 0 amide bonds. The molecular weight excluding hydrogens is 268 g/mol. The molecule has 16 heavy (non-hydrogen) atoms. The van der Waals surface area contributed by atoms with Crippen LogP contribution in [0.2, 0.25) is 0 Å². The molecule has 0 atom stereocenters. The minimum atomic E-state index is -0.265. The summed E-state index contributed by atoms with van der Waals surface area (Å²) in [7, 11) is 0. The van der Waals surface area contributed by atoms with E-state index in [2.05, 4.69) is 15.9 Å². The number of allylic oxidation sites excluding steroid dienone is 1. The van der Waals surface area contributed by atoms with Gasteiger partial charge in [0.2, 0.25) is 0 Å². The number of hydrogen-bond acceptors (Lipinski definition) is 2. The van der Waals surface area contributed by atoms with Crippen molar-refractivity contribution >= 4 is 27.5 Å². The SMILES string of the molecule is CC=C(C(=O)OCC)c1ccccc1CBr. The highest BCUT2D eigenvalue weighted by Gasteiger charge is 2.14. The summed E-state index contributed by atoms with van der Waals surface area (Å²) in [4.78, 5) is 11.7. The summed E-state index contributed by atoms with van der Waals surface area (Å²) < 4.78 is 5.03. The van der Waals surface area contributed by atoms with Gasteiger partial charge in [-0.3, -0.25) is 0 Å². The predicted molar refractivity (Wildman–Crippen MR) is 69.4 cm³/mol. The van der Waals surface area contributed by atoms with Crippen molar-refractivity contribution in [3.05, 3.63) is 41.5 Å². The molecule has 0 unspecified atom stereocenters. The van der Waals surface area contributed by atoms with E-state index < -0.39 is 0 Å². The van der Waals surface area contributed by atoms with Gasteiger partial charge in [0.05, 0.1) is 12.2 Å². The minimum Gasteiger partial charge on any atom is -0.462 e. The van der Waals surface area contributed by atoms with Crippen LogP contribution < -0.4 is 0 Å². The Kier molecular flexibility index (Phi) is 5.26. The van der Waals surface area contributed by atoms with Crippen molar-refractivity contribution in [2.24, 2.45) is 0 Å². The zero-order chi connectivity index (χ0) is 12.0. The van der Waals surface area contributed by atoms with Crippen LogP contribution in [0.25, 0.3) is 5.57 Å². The van der Waals surface area contributed by atoms with Crippen LogP contribution in [0.5, 0.6) is 0 Å². The molecule has 0 heterocycles. The maximum Gasteiger partial charge on any atom is 0.338 e. The van der Waals surface area contributed by atoms with E-state index >= 15 is 0 Å². The Bertz CT molecular complexity index is 397. The zero-order valence-electron chi connectivity index (χ0n) is 9.50. The third-order valence-corrected chi connectivity index (χ3v) is 2.84. The van der Waals surface area contributed by atoms with Gasteiger partial charge in [-0.25, -0.2) is 4.79 Å². The molecule has 0 radical (unpaired) electrons. The molecule has 1 aromatic carbocycles. The Morgan fingerprint density at radius 1 is 1.44 bits per heavy atom. The van der Waals surface area contributed by atoms with Crippen LogP contribution in [-0.2, 0) is 14.9 Å². The summed E-state index contributed by atoms with van der Waals surface area (Å²) in [5.74, 6) is -0.265. The van der Waals surface area contributed by atoms with Gasteiger partial charge in [-0.15, -0.1) is 0 Å². The van der Waals surface area contributed by atoms with Gasteiger partial charge in [-0.2, -0.15) is 0 Å². The van der Waals surface area contributed by atoms with Crippen LogP contribution in [0, 0.1) is 0 Å². The molecule has 0 aliphatic heterocycles. The number of esters is 1. The molecule has 86 valence electrons. The number of alkyl halides is 1. The maximum absolute atomic E-state index is 11.7. The second-order valence-electron chi connectivity index (χ2n) is 3.21. The summed E-state index contributed by atoms with van der Waals surface area (Å²) in [6.07, 6.45) is 1.79. The molecule has 3 heteroatoms. The summed E-state index contributed by atoms with van der Waals surface area (Å²) in [5, 5.41) is 0.722. The number of ether oxygens (including phenoxy) is 1. The second-order valence-corrected chi connectivity index (χ2v) is 3.77. The Morgan fingerprint density at radius 3 is 2.69 bits per heavy atom. The van der Waals surface area contributed by atoms with Gasteiger partial charge in [-0.1, -0.05) is 46.3 Å². The number of benzene rings is 1. The van der Waals surface area contributed by atoms with Crippen LogP contribution in [0.4, 0.5) is 0 Å². The second kappa shape index (κ2) is 6.48. The van der Waals surface area contributed by atoms with Crippen molar-refractivity contribution in [3.8, 4) is 0 Å². The fourth-order valence-corrected chi connectivity index (χ4v) is 1.98. The minimum absolute atomic E-state index is 0.265. The van der Waals surface area contributed by atoms with E-state index in [0.717, 1.165) is 16.5 Å². The predicted octanol–water partition coefficient (Wildman–Crippen LogP) is 3.55. The third-order valence-electron chi connectivity index (χ3n) is 2.24. The molecule has 2 nitrogen and oxygen atoms in total. The molecular formula is C13H15BrO2. The molecule has 0 bridgehead atoms. The summed E-state index contributed by atoms with van der Waals surface area (Å²) in [6.45, 7) is 4.05. The first-order valence-electron chi connectivity index (χ1n) is 5.22. The smallest absolute Gasteiger partial charge is 0.338 e. The van der Waals surface area contributed by atoms with E-state index in [9.17, 15) is 4.79 Å². The molecule has 1 rings (SSSR count). The molecule has 0 aromatic heterocycles. The van der Waals surface area contributed by atoms with E-state index in [1.165, 1.54) is 0 Å². The summed E-state index contributed by atoms with van der Waals surface area (Å²) in [5.41, 5.74) is 2.64. The van der Waals surface area contributed by atoms with Crippen molar-refractivity contribution in [1.82, 2.24) is 0 Å². The lowest BCUT2D eigenvalue weighted by molar-refractivity contribution is -0.136. The van der Waals surface area contributed by atoms with Crippen LogP contribution in [-0.4, -0.2) is 12.6 Å². The van der Waals surface area contributed by atoms with Crippen molar-refractivity contribution in [1.29, 1.82) is 0 Å². The van der Waals surface area contributed by atoms with Gasteiger partial charge in [0.15, 0.2) is 0 Å². The average Bonchev–Trinajstić information content (AvgIpc) is 2.31. The topological polar surface area (TPSA) is 26.3 Å². The number of rotatable bonds is 4. The quantitative estimate of drug-likeness (QED) is 0.480. The molecule has 1 aromatic rings. The highest BCUT2D eigenvalue weighted by molar-refractivity contribution is 9.08. The number of hydrogen-bond donors (Lipinski definition) is 0. The highest BCUT2D eigenvalue weighted by Crippen LogP contribution is 2.22. The number of carbonyl (C=O) groups excluding carboxylic acids is 1. The van der Waals surface area contributed by atoms with Crippen molar-refractivity contribution in [2.45, 2.75) is 19.2 Å². The zero-order valence-corrected chi connectivity index (χ0v) is 11.1. The third kappa shape index (κ3) is 2.95. The first-order chi connectivity index (χ1) is 7.74. The molecule has 0 N–H and O–H groups in total. The maximum atomic E-state index is 11.7. The lowest BCUT2D eigenvalue weighted by Crippen LogP contribution is -2.08. The van der Waals surface area contributed by atoms with E-state index in [4.69, 9.17) is 4.74 Å². The Hall–Kier alpha value is -1.09. The fraction of sp³-hybridized carbons (Fsp3) is 0.308. The molecule has 0 saturated heterocycles. The largest absolute Gasteiger partial charge is 0.462 e.